The van der Waals surface area contributed by atoms with Crippen molar-refractivity contribution in [3.05, 3.63) is 11.3 Å². The van der Waals surface area contributed by atoms with Crippen LogP contribution in [0, 0.1) is 11.3 Å². The Morgan fingerprint density at radius 2 is 2.06 bits per heavy atom. The van der Waals surface area contributed by atoms with Crippen LogP contribution in [0.3, 0.4) is 0 Å². The van der Waals surface area contributed by atoms with Crippen LogP contribution in [0.2, 0.25) is 0 Å². The fourth-order valence-electron chi connectivity index (χ4n) is 3.52. The van der Waals surface area contributed by atoms with Gasteiger partial charge in [-0.05, 0) is 24.7 Å². The minimum absolute atomic E-state index is 0.0856. The van der Waals surface area contributed by atoms with E-state index in [1.165, 1.54) is 12.8 Å². The molecule has 0 amide bonds. The number of ether oxygens (including phenoxy) is 1. The van der Waals surface area contributed by atoms with Crippen LogP contribution in [0.4, 0.5) is 0 Å². The lowest BCUT2D eigenvalue weighted by atomic mass is 9.69. The van der Waals surface area contributed by atoms with Gasteiger partial charge in [0.05, 0.1) is 3.92 Å². The van der Waals surface area contributed by atoms with Crippen LogP contribution in [0.1, 0.15) is 46.0 Å². The average Bonchev–Trinajstić information content (AvgIpc) is 2.16. The van der Waals surface area contributed by atoms with Crippen molar-refractivity contribution in [1.29, 1.82) is 0 Å². The molecule has 94 valence electrons. The molecule has 0 aromatic carbocycles. The summed E-state index contributed by atoms with van der Waals surface area (Å²) in [5.41, 5.74) is 1.14. The normalized spacial score (nSPS) is 39.7. The van der Waals surface area contributed by atoms with E-state index < -0.39 is 0 Å². The molecule has 1 saturated carbocycles. The number of hydrogen-bond donors (Lipinski definition) is 0. The average molecular weight is 346 g/mol. The number of carbonyl (C=O) groups excluding carboxylic acids is 1. The highest BCUT2D eigenvalue weighted by Gasteiger charge is 2.47. The summed E-state index contributed by atoms with van der Waals surface area (Å²) in [5.74, 6) is 1.86. The fraction of sp³-hybridized carbons (Fsp3) is 0.786. The second-order valence-corrected chi connectivity index (χ2v) is 7.85. The number of alkyl halides is 1. The van der Waals surface area contributed by atoms with Gasteiger partial charge >= 0.3 is 0 Å². The minimum atomic E-state index is 0.0856. The number of allylic oxidation sites excluding steroid dienone is 2. The van der Waals surface area contributed by atoms with E-state index in [2.05, 4.69) is 36.4 Å². The maximum Gasteiger partial charge on any atom is 0.163 e. The Hall–Kier alpha value is -0.0600. The predicted molar refractivity (Wildman–Crippen MR) is 75.1 cm³/mol. The van der Waals surface area contributed by atoms with Crippen LogP contribution in [0.5, 0.6) is 0 Å². The first kappa shape index (κ1) is 12.0. The van der Waals surface area contributed by atoms with Crippen molar-refractivity contribution in [1.82, 2.24) is 0 Å². The smallest absolute Gasteiger partial charge is 0.163 e. The number of hydrogen-bond acceptors (Lipinski definition) is 2. The molecule has 1 aliphatic heterocycles. The van der Waals surface area contributed by atoms with E-state index in [1.54, 1.807) is 0 Å². The number of halogens is 1. The number of fused-ring (bicyclic) bond motifs is 3. The highest BCUT2D eigenvalue weighted by Crippen LogP contribution is 2.49. The summed E-state index contributed by atoms with van der Waals surface area (Å²) in [6, 6.07) is 0. The van der Waals surface area contributed by atoms with Gasteiger partial charge in [-0.2, -0.15) is 0 Å². The van der Waals surface area contributed by atoms with Gasteiger partial charge in [-0.25, -0.2) is 0 Å². The Labute approximate surface area is 116 Å². The van der Waals surface area contributed by atoms with Gasteiger partial charge in [0, 0.05) is 24.3 Å². The summed E-state index contributed by atoms with van der Waals surface area (Å²) in [6.07, 6.45) is 5.55. The van der Waals surface area contributed by atoms with Gasteiger partial charge in [0.25, 0.3) is 0 Å². The first-order valence-electron chi connectivity index (χ1n) is 6.55. The van der Waals surface area contributed by atoms with Crippen LogP contribution < -0.4 is 0 Å². The topological polar surface area (TPSA) is 26.3 Å². The Bertz CT molecular complexity index is 397. The molecule has 1 heterocycles. The molecule has 2 bridgehead atoms. The number of Topliss-reactive ketones (excluding diaryl/α,β-unsaturated/α-hetero) is 1. The Morgan fingerprint density at radius 1 is 1.29 bits per heavy atom. The third kappa shape index (κ3) is 1.94. The van der Waals surface area contributed by atoms with Gasteiger partial charge in [-0.1, -0.05) is 36.4 Å². The fourth-order valence-corrected chi connectivity index (χ4v) is 4.75. The molecule has 0 aromatic rings. The van der Waals surface area contributed by atoms with Crippen LogP contribution in [-0.4, -0.2) is 15.8 Å². The van der Waals surface area contributed by atoms with Gasteiger partial charge in [0.15, 0.2) is 5.78 Å². The van der Waals surface area contributed by atoms with E-state index in [4.69, 9.17) is 4.74 Å². The molecule has 0 spiro atoms. The summed E-state index contributed by atoms with van der Waals surface area (Å²) >= 11 is 2.49. The SMILES string of the molecule is CC1(C)CC(=O)C2=C(C1)O[C@@H]1CCC[C@H]2[C@@H]1I. The maximum absolute atomic E-state index is 12.3. The lowest BCUT2D eigenvalue weighted by Crippen LogP contribution is -2.45. The molecule has 3 atom stereocenters. The summed E-state index contributed by atoms with van der Waals surface area (Å²) < 4.78 is 6.64. The summed E-state index contributed by atoms with van der Waals surface area (Å²) in [7, 11) is 0. The number of ketones is 1. The van der Waals surface area contributed by atoms with E-state index in [0.717, 1.165) is 24.2 Å². The van der Waals surface area contributed by atoms with Crippen molar-refractivity contribution in [3.8, 4) is 0 Å². The van der Waals surface area contributed by atoms with Gasteiger partial charge in [0.1, 0.15) is 11.9 Å². The molecular weight excluding hydrogens is 327 g/mol. The highest BCUT2D eigenvalue weighted by atomic mass is 127. The third-order valence-electron chi connectivity index (χ3n) is 4.29. The highest BCUT2D eigenvalue weighted by molar-refractivity contribution is 14.1. The molecule has 1 fully saturated rings. The zero-order chi connectivity index (χ0) is 12.2. The first-order chi connectivity index (χ1) is 7.98. The molecule has 0 aromatic heterocycles. The van der Waals surface area contributed by atoms with Crippen molar-refractivity contribution in [2.24, 2.45) is 11.3 Å². The Morgan fingerprint density at radius 3 is 2.82 bits per heavy atom. The van der Waals surface area contributed by atoms with E-state index in [0.29, 0.717) is 28.2 Å². The third-order valence-corrected chi connectivity index (χ3v) is 5.96. The van der Waals surface area contributed by atoms with Crippen LogP contribution in [0.25, 0.3) is 0 Å². The Kier molecular flexibility index (Phi) is 2.80. The van der Waals surface area contributed by atoms with Crippen LogP contribution >= 0.6 is 22.6 Å². The molecule has 3 rings (SSSR count). The van der Waals surface area contributed by atoms with Gasteiger partial charge in [-0.3, -0.25) is 4.79 Å². The van der Waals surface area contributed by atoms with E-state index in [-0.39, 0.29) is 5.41 Å². The van der Waals surface area contributed by atoms with Crippen molar-refractivity contribution in [3.63, 3.8) is 0 Å². The molecule has 0 radical (unpaired) electrons. The van der Waals surface area contributed by atoms with Crippen molar-refractivity contribution in [2.45, 2.75) is 56.0 Å². The molecule has 2 nitrogen and oxygen atoms in total. The van der Waals surface area contributed by atoms with Gasteiger partial charge in [0.2, 0.25) is 0 Å². The molecule has 3 aliphatic rings. The number of rotatable bonds is 0. The molecule has 0 N–H and O–H groups in total. The van der Waals surface area contributed by atoms with E-state index in [9.17, 15) is 4.79 Å². The standard InChI is InChI=1S/C14H19IO2/c1-14(2)6-9(16)12-8-4-3-5-10(13(8)15)17-11(12)7-14/h8,10,13H,3-7H2,1-2H3/t8-,10-,13+/m1/s1. The first-order valence-corrected chi connectivity index (χ1v) is 7.79. The Balaban J connectivity index is 2.02. The molecule has 0 unspecified atom stereocenters. The zero-order valence-corrected chi connectivity index (χ0v) is 12.6. The second-order valence-electron chi connectivity index (χ2n) is 6.42. The van der Waals surface area contributed by atoms with E-state index >= 15 is 0 Å². The summed E-state index contributed by atoms with van der Waals surface area (Å²) in [4.78, 5) is 12.3. The lowest BCUT2D eigenvalue weighted by molar-refractivity contribution is -0.121. The summed E-state index contributed by atoms with van der Waals surface area (Å²) in [5, 5.41) is 0. The number of carbonyl (C=O) groups is 1. The molecule has 2 aliphatic carbocycles. The molecule has 0 saturated heterocycles. The minimum Gasteiger partial charge on any atom is -0.493 e. The summed E-state index contributed by atoms with van der Waals surface area (Å²) in [6.45, 7) is 4.34. The van der Waals surface area contributed by atoms with Gasteiger partial charge < -0.3 is 4.74 Å². The van der Waals surface area contributed by atoms with Crippen molar-refractivity contribution < 1.29 is 9.53 Å². The maximum atomic E-state index is 12.3. The van der Waals surface area contributed by atoms with Gasteiger partial charge in [-0.15, -0.1) is 0 Å². The van der Waals surface area contributed by atoms with E-state index in [1.807, 2.05) is 0 Å². The molecular formula is C14H19IO2. The predicted octanol–water partition coefficient (Wildman–Crippen LogP) is 3.63. The largest absolute Gasteiger partial charge is 0.493 e. The van der Waals surface area contributed by atoms with Crippen molar-refractivity contribution in [2.75, 3.05) is 0 Å². The zero-order valence-electron chi connectivity index (χ0n) is 10.5. The van der Waals surface area contributed by atoms with Crippen LogP contribution in [-0.2, 0) is 9.53 Å². The van der Waals surface area contributed by atoms with Crippen molar-refractivity contribution >= 4 is 28.4 Å². The second kappa shape index (κ2) is 3.97. The monoisotopic (exact) mass is 346 g/mol. The van der Waals surface area contributed by atoms with Crippen LogP contribution in [0.15, 0.2) is 11.3 Å². The molecule has 3 heteroatoms. The lowest BCUT2D eigenvalue weighted by Gasteiger charge is -2.45. The molecule has 17 heavy (non-hydrogen) atoms. The quantitative estimate of drug-likeness (QED) is 0.495.